The minimum Gasteiger partial charge on any atom is -0.345 e. The number of nitrogens with one attached hydrogen (secondary N) is 1. The zero-order valence-corrected chi connectivity index (χ0v) is 19.9. The van der Waals surface area contributed by atoms with Crippen LogP contribution in [0.25, 0.3) is 10.8 Å². The minimum atomic E-state index is -0.643. The lowest BCUT2D eigenvalue weighted by Crippen LogP contribution is -2.35. The molecule has 1 N–H and O–H groups in total. The zero-order chi connectivity index (χ0) is 24.4. The molecular formula is C27H31F2N3O2. The summed E-state index contributed by atoms with van der Waals surface area (Å²) in [5, 5.41) is 3.29. The molecule has 1 saturated carbocycles. The van der Waals surface area contributed by atoms with E-state index in [2.05, 4.69) is 17.1 Å². The van der Waals surface area contributed by atoms with Gasteiger partial charge in [-0.1, -0.05) is 31.2 Å². The van der Waals surface area contributed by atoms with E-state index in [1.54, 1.807) is 19.1 Å². The molecule has 3 aromatic rings. The van der Waals surface area contributed by atoms with Crippen LogP contribution in [0.15, 0.2) is 47.3 Å². The molecule has 1 atom stereocenters. The second-order valence-electron chi connectivity index (χ2n) is 9.23. The van der Waals surface area contributed by atoms with Gasteiger partial charge in [-0.3, -0.25) is 9.59 Å². The van der Waals surface area contributed by atoms with Gasteiger partial charge in [0.15, 0.2) is 0 Å². The predicted octanol–water partition coefficient (Wildman–Crippen LogP) is 4.81. The van der Waals surface area contributed by atoms with Crippen LogP contribution in [-0.4, -0.2) is 35.5 Å². The third kappa shape index (κ3) is 4.89. The first-order valence-corrected chi connectivity index (χ1v) is 11.9. The second-order valence-corrected chi connectivity index (χ2v) is 9.23. The number of benzene rings is 2. The number of pyridine rings is 1. The number of amides is 1. The maximum absolute atomic E-state index is 14.8. The highest BCUT2D eigenvalue weighted by Gasteiger charge is 2.34. The molecular weight excluding hydrogens is 436 g/mol. The fourth-order valence-electron chi connectivity index (χ4n) is 4.70. The highest BCUT2D eigenvalue weighted by atomic mass is 19.1. The molecule has 1 amide bonds. The first-order chi connectivity index (χ1) is 16.3. The van der Waals surface area contributed by atoms with Gasteiger partial charge < -0.3 is 14.8 Å². The van der Waals surface area contributed by atoms with E-state index in [-0.39, 0.29) is 34.6 Å². The van der Waals surface area contributed by atoms with Crippen LogP contribution in [0.3, 0.4) is 0 Å². The molecule has 0 spiro atoms. The Morgan fingerprint density at radius 2 is 1.91 bits per heavy atom. The van der Waals surface area contributed by atoms with Crippen molar-refractivity contribution in [2.24, 2.45) is 5.92 Å². The highest BCUT2D eigenvalue weighted by molar-refractivity contribution is 6.08. The van der Waals surface area contributed by atoms with Crippen LogP contribution in [0.2, 0.25) is 0 Å². The molecule has 0 aliphatic heterocycles. The number of carbonyl (C=O) groups excluding carboxylic acids is 1. The average molecular weight is 468 g/mol. The Morgan fingerprint density at radius 3 is 2.59 bits per heavy atom. The van der Waals surface area contributed by atoms with Crippen molar-refractivity contribution in [2.75, 3.05) is 20.1 Å². The van der Waals surface area contributed by atoms with Crippen LogP contribution in [-0.2, 0) is 6.54 Å². The monoisotopic (exact) mass is 467 g/mol. The lowest BCUT2D eigenvalue weighted by atomic mass is 9.99. The summed E-state index contributed by atoms with van der Waals surface area (Å²) >= 11 is 0. The first-order valence-electron chi connectivity index (χ1n) is 11.9. The molecule has 1 aliphatic carbocycles. The van der Waals surface area contributed by atoms with E-state index in [1.807, 2.05) is 13.1 Å². The van der Waals surface area contributed by atoms with Crippen LogP contribution in [0, 0.1) is 24.5 Å². The summed E-state index contributed by atoms with van der Waals surface area (Å²) in [6.45, 7) is 5.64. The van der Waals surface area contributed by atoms with E-state index >= 15 is 0 Å². The Bertz CT molecular complexity index is 1270. The van der Waals surface area contributed by atoms with E-state index in [4.69, 9.17) is 0 Å². The summed E-state index contributed by atoms with van der Waals surface area (Å²) in [7, 11) is 1.97. The van der Waals surface area contributed by atoms with Crippen LogP contribution in [0.4, 0.5) is 8.78 Å². The number of hydrogen-bond donors (Lipinski definition) is 1. The number of hydrogen-bond acceptors (Lipinski definition) is 3. The smallest absolute Gasteiger partial charge is 0.261 e. The Hall–Kier alpha value is -3.06. The minimum absolute atomic E-state index is 0.0786. The standard InChI is InChI=1S/C27H31F2N3O2/c1-4-13-31(3)14-15-32-17(2)23(21-9-6-10-22(29)24(21)27(32)34)26(33)30-25(18-11-12-18)19-7-5-8-20(28)16-19/h5-10,16,18,25H,4,11-15H2,1-3H3,(H,30,33)/t25-/m0/s1. The lowest BCUT2D eigenvalue weighted by Gasteiger charge is -2.23. The summed E-state index contributed by atoms with van der Waals surface area (Å²) in [5.41, 5.74) is 1.06. The van der Waals surface area contributed by atoms with Gasteiger partial charge >= 0.3 is 0 Å². The molecule has 5 nitrogen and oxygen atoms in total. The highest BCUT2D eigenvalue weighted by Crippen LogP contribution is 2.41. The molecule has 0 saturated heterocycles. The Kier molecular flexibility index (Phi) is 7.12. The fourth-order valence-corrected chi connectivity index (χ4v) is 4.70. The first kappa shape index (κ1) is 24.1. The quantitative estimate of drug-likeness (QED) is 0.491. The van der Waals surface area contributed by atoms with E-state index in [1.165, 1.54) is 28.8 Å². The summed E-state index contributed by atoms with van der Waals surface area (Å²) in [6, 6.07) is 10.3. The van der Waals surface area contributed by atoms with Gasteiger partial charge in [0, 0.05) is 24.2 Å². The van der Waals surface area contributed by atoms with E-state index in [0.29, 0.717) is 29.7 Å². The van der Waals surface area contributed by atoms with Crippen molar-refractivity contribution in [3.8, 4) is 0 Å². The SMILES string of the molecule is CCCN(C)CCn1c(C)c(C(=O)N[C@H](c2cccc(F)c2)C2CC2)c2cccc(F)c2c1=O. The van der Waals surface area contributed by atoms with Crippen LogP contribution in [0.1, 0.15) is 53.8 Å². The van der Waals surface area contributed by atoms with Crippen LogP contribution < -0.4 is 10.9 Å². The van der Waals surface area contributed by atoms with E-state index < -0.39 is 11.4 Å². The van der Waals surface area contributed by atoms with Crippen molar-refractivity contribution in [3.05, 3.63) is 81.3 Å². The molecule has 180 valence electrons. The van der Waals surface area contributed by atoms with Crippen LogP contribution in [0.5, 0.6) is 0 Å². The van der Waals surface area contributed by atoms with Gasteiger partial charge in [-0.2, -0.15) is 0 Å². The van der Waals surface area contributed by atoms with Gasteiger partial charge in [0.2, 0.25) is 0 Å². The topological polar surface area (TPSA) is 54.3 Å². The Morgan fingerprint density at radius 1 is 1.18 bits per heavy atom. The average Bonchev–Trinajstić information content (AvgIpc) is 3.62. The Labute approximate surface area is 198 Å². The number of nitrogens with zero attached hydrogens (tertiary/aromatic N) is 2. The van der Waals surface area contributed by atoms with Gasteiger partial charge in [-0.25, -0.2) is 8.78 Å². The molecule has 2 aromatic carbocycles. The Balaban J connectivity index is 1.76. The van der Waals surface area contributed by atoms with E-state index in [9.17, 15) is 18.4 Å². The van der Waals surface area contributed by atoms with Gasteiger partial charge in [-0.15, -0.1) is 0 Å². The largest absolute Gasteiger partial charge is 0.345 e. The molecule has 1 aliphatic rings. The molecule has 34 heavy (non-hydrogen) atoms. The van der Waals surface area contributed by atoms with Crippen molar-refractivity contribution < 1.29 is 13.6 Å². The summed E-state index contributed by atoms with van der Waals surface area (Å²) in [5.74, 6) is -1.16. The van der Waals surface area contributed by atoms with Crippen molar-refractivity contribution >= 4 is 16.7 Å². The fraction of sp³-hybridized carbons (Fsp3) is 0.407. The summed E-state index contributed by atoms with van der Waals surface area (Å²) in [4.78, 5) is 29.0. The van der Waals surface area contributed by atoms with Crippen molar-refractivity contribution in [1.29, 1.82) is 0 Å². The van der Waals surface area contributed by atoms with Gasteiger partial charge in [0.25, 0.3) is 11.5 Å². The van der Waals surface area contributed by atoms with Crippen molar-refractivity contribution in [1.82, 2.24) is 14.8 Å². The maximum atomic E-state index is 14.8. The molecule has 1 fully saturated rings. The number of fused-ring (bicyclic) bond motifs is 1. The van der Waals surface area contributed by atoms with Gasteiger partial charge in [0.1, 0.15) is 11.6 Å². The molecule has 1 heterocycles. The van der Waals surface area contributed by atoms with E-state index in [0.717, 1.165) is 25.8 Å². The number of likely N-dealkylation sites (N-methyl/N-ethyl adjacent to an activating group) is 1. The van der Waals surface area contributed by atoms with Gasteiger partial charge in [0.05, 0.1) is 17.0 Å². The summed E-state index contributed by atoms with van der Waals surface area (Å²) in [6.07, 6.45) is 2.87. The molecule has 0 radical (unpaired) electrons. The molecule has 7 heteroatoms. The van der Waals surface area contributed by atoms with Crippen molar-refractivity contribution in [2.45, 2.75) is 45.7 Å². The van der Waals surface area contributed by atoms with Gasteiger partial charge in [-0.05, 0) is 69.5 Å². The number of carbonyl (C=O) groups is 1. The second kappa shape index (κ2) is 10.1. The molecule has 4 rings (SSSR count). The number of rotatable bonds is 9. The molecule has 0 bridgehead atoms. The maximum Gasteiger partial charge on any atom is 0.261 e. The van der Waals surface area contributed by atoms with Crippen LogP contribution >= 0.6 is 0 Å². The predicted molar refractivity (Wildman–Crippen MR) is 130 cm³/mol. The van der Waals surface area contributed by atoms with Crippen molar-refractivity contribution in [3.63, 3.8) is 0 Å². The molecule has 1 aromatic heterocycles. The number of aromatic nitrogens is 1. The normalized spacial score (nSPS) is 14.5. The third-order valence-electron chi connectivity index (χ3n) is 6.63. The molecule has 0 unspecified atom stereocenters. The third-order valence-corrected chi connectivity index (χ3v) is 6.63. The lowest BCUT2D eigenvalue weighted by molar-refractivity contribution is 0.0931. The summed E-state index contributed by atoms with van der Waals surface area (Å²) < 4.78 is 30.2. The zero-order valence-electron chi connectivity index (χ0n) is 19.9. The number of halogens is 2.